The maximum atomic E-state index is 15.1. The van der Waals surface area contributed by atoms with E-state index < -0.39 is 5.82 Å². The minimum absolute atomic E-state index is 0.0414. The van der Waals surface area contributed by atoms with Gasteiger partial charge in [0.1, 0.15) is 5.75 Å². The summed E-state index contributed by atoms with van der Waals surface area (Å²) in [5.74, 6) is -0.0726. The van der Waals surface area contributed by atoms with E-state index in [1.807, 2.05) is 29.3 Å². The Hall–Kier alpha value is -3.71. The van der Waals surface area contributed by atoms with Gasteiger partial charge in [0, 0.05) is 70.0 Å². The number of thiocarbonyl (C=S) groups is 1. The first-order valence-electron chi connectivity index (χ1n) is 13.3. The third kappa shape index (κ3) is 6.79. The normalized spacial score (nSPS) is 13.3. The molecular weight excluding hydrogens is 563 g/mol. The largest absolute Gasteiger partial charge is 0.453 e. The summed E-state index contributed by atoms with van der Waals surface area (Å²) in [4.78, 5) is 26.2. The zero-order chi connectivity index (χ0) is 28.8. The van der Waals surface area contributed by atoms with Crippen molar-refractivity contribution in [3.63, 3.8) is 0 Å². The number of halogens is 1. The highest BCUT2D eigenvalue weighted by molar-refractivity contribution is 7.80. The van der Waals surface area contributed by atoms with Crippen molar-refractivity contribution in [3.05, 3.63) is 66.2 Å². The van der Waals surface area contributed by atoms with Crippen molar-refractivity contribution < 1.29 is 18.7 Å². The Labute approximate surface area is 247 Å². The molecule has 0 atom stereocenters. The minimum atomic E-state index is -0.600. The number of anilines is 1. The van der Waals surface area contributed by atoms with Gasteiger partial charge in [-0.15, -0.1) is 11.3 Å². The van der Waals surface area contributed by atoms with Gasteiger partial charge in [-0.25, -0.2) is 9.18 Å². The van der Waals surface area contributed by atoms with Crippen molar-refractivity contribution in [2.45, 2.75) is 19.9 Å². The Balaban J connectivity index is 1.26. The smallest absolute Gasteiger partial charge is 0.328 e. The number of carbonyl (C=O) groups excluding carboxylic acids is 1. The highest BCUT2D eigenvalue weighted by Crippen LogP contribution is 2.39. The van der Waals surface area contributed by atoms with E-state index in [4.69, 9.17) is 21.7 Å². The first-order chi connectivity index (χ1) is 20.0. The number of rotatable bonds is 11. The number of ether oxygens (including phenoxy) is 2. The van der Waals surface area contributed by atoms with E-state index in [9.17, 15) is 4.79 Å². The van der Waals surface area contributed by atoms with Crippen LogP contribution in [-0.2, 0) is 11.3 Å². The third-order valence-electron chi connectivity index (χ3n) is 6.50. The molecule has 0 bridgehead atoms. The first kappa shape index (κ1) is 28.8. The van der Waals surface area contributed by atoms with Crippen LogP contribution in [0.3, 0.4) is 0 Å². The Bertz CT molecular complexity index is 1530. The average molecular weight is 595 g/mol. The first-order valence-corrected chi connectivity index (χ1v) is 14.6. The highest BCUT2D eigenvalue weighted by atomic mass is 32.1. The van der Waals surface area contributed by atoms with Crippen molar-refractivity contribution in [1.82, 2.24) is 25.1 Å². The van der Waals surface area contributed by atoms with Gasteiger partial charge in [-0.05, 0) is 48.5 Å². The van der Waals surface area contributed by atoms with Crippen LogP contribution < -0.4 is 15.4 Å². The number of hydrogen-bond donors (Lipinski definition) is 2. The van der Waals surface area contributed by atoms with E-state index in [1.54, 1.807) is 25.4 Å². The highest BCUT2D eigenvalue weighted by Gasteiger charge is 2.29. The Morgan fingerprint density at radius 1 is 1.15 bits per heavy atom. The zero-order valence-electron chi connectivity index (χ0n) is 22.9. The molecule has 0 spiro atoms. The lowest BCUT2D eigenvalue weighted by molar-refractivity contribution is 0.199. The summed E-state index contributed by atoms with van der Waals surface area (Å²) in [6.07, 6.45) is 4.42. The lowest BCUT2D eigenvalue weighted by Gasteiger charge is -2.20. The number of amides is 2. The second-order valence-electron chi connectivity index (χ2n) is 9.45. The van der Waals surface area contributed by atoms with E-state index in [2.05, 4.69) is 27.5 Å². The van der Waals surface area contributed by atoms with E-state index >= 15 is 4.39 Å². The van der Waals surface area contributed by atoms with Gasteiger partial charge in [0.2, 0.25) is 0 Å². The van der Waals surface area contributed by atoms with Gasteiger partial charge < -0.3 is 25.0 Å². The van der Waals surface area contributed by atoms with Crippen molar-refractivity contribution in [3.8, 4) is 22.1 Å². The molecule has 4 aromatic rings. The van der Waals surface area contributed by atoms with Crippen LogP contribution in [0, 0.1) is 5.82 Å². The molecule has 41 heavy (non-hydrogen) atoms. The number of nitrogens with zero attached hydrogens (tertiary/aromatic N) is 4. The minimum Gasteiger partial charge on any atom is -0.453 e. The van der Waals surface area contributed by atoms with Gasteiger partial charge in [0.25, 0.3) is 0 Å². The summed E-state index contributed by atoms with van der Waals surface area (Å²) in [6, 6.07) is 11.6. The van der Waals surface area contributed by atoms with Crippen LogP contribution in [0.25, 0.3) is 20.8 Å². The summed E-state index contributed by atoms with van der Waals surface area (Å²) < 4.78 is 26.9. The lowest BCUT2D eigenvalue weighted by Crippen LogP contribution is -2.39. The Kier molecular flexibility index (Phi) is 9.35. The molecule has 5 rings (SSSR count). The molecule has 2 N–H and O–H groups in total. The van der Waals surface area contributed by atoms with Crippen LogP contribution in [0.1, 0.15) is 18.9 Å². The molecule has 0 saturated carbocycles. The molecule has 1 aliphatic heterocycles. The van der Waals surface area contributed by atoms with Gasteiger partial charge in [-0.3, -0.25) is 14.9 Å². The number of nitrogens with one attached hydrogen (secondary N) is 2. The third-order valence-corrected chi connectivity index (χ3v) is 8.14. The summed E-state index contributed by atoms with van der Waals surface area (Å²) in [7, 11) is 1.68. The number of carbonyl (C=O) groups is 1. The number of aromatic nitrogens is 2. The number of urea groups is 1. The van der Waals surface area contributed by atoms with E-state index in [1.165, 1.54) is 28.4 Å². The van der Waals surface area contributed by atoms with Gasteiger partial charge in [0.05, 0.1) is 27.4 Å². The quantitative estimate of drug-likeness (QED) is 0.165. The summed E-state index contributed by atoms with van der Waals surface area (Å²) in [5.41, 5.74) is 2.95. The van der Waals surface area contributed by atoms with Crippen molar-refractivity contribution in [1.29, 1.82) is 0 Å². The number of thiophene rings is 1. The lowest BCUT2D eigenvalue weighted by atomic mass is 10.2. The van der Waals surface area contributed by atoms with Gasteiger partial charge >= 0.3 is 6.03 Å². The zero-order valence-corrected chi connectivity index (χ0v) is 24.5. The molecule has 0 radical (unpaired) electrons. The second-order valence-corrected chi connectivity index (χ2v) is 10.9. The maximum Gasteiger partial charge on any atom is 0.328 e. The van der Waals surface area contributed by atoms with Crippen LogP contribution in [0.15, 0.2) is 54.9 Å². The fourth-order valence-electron chi connectivity index (χ4n) is 4.42. The van der Waals surface area contributed by atoms with Crippen molar-refractivity contribution in [2.75, 3.05) is 45.2 Å². The summed E-state index contributed by atoms with van der Waals surface area (Å²) in [5, 5.41) is 6.52. The molecule has 2 amide bonds. The van der Waals surface area contributed by atoms with Crippen molar-refractivity contribution in [2.24, 2.45) is 0 Å². The molecule has 0 unspecified atom stereocenters. The SMILES string of the molecule is CCCN1CCN(C(=O)Nc2ccc(Oc3ccnc4cc(-c5ccc(CNCCOC)cn5)sc34)c(F)c2)C1=S. The molecule has 4 heterocycles. The average Bonchev–Trinajstić information content (AvgIpc) is 3.57. The monoisotopic (exact) mass is 594 g/mol. The van der Waals surface area contributed by atoms with Crippen LogP contribution in [0.5, 0.6) is 11.5 Å². The molecule has 0 aliphatic carbocycles. The van der Waals surface area contributed by atoms with Gasteiger partial charge in [-0.1, -0.05) is 13.0 Å². The second kappa shape index (κ2) is 13.3. The predicted molar refractivity (Wildman–Crippen MR) is 163 cm³/mol. The van der Waals surface area contributed by atoms with Crippen LogP contribution in [0.2, 0.25) is 0 Å². The van der Waals surface area contributed by atoms with Crippen molar-refractivity contribution >= 4 is 50.6 Å². The molecule has 12 heteroatoms. The number of hydrogen-bond acceptors (Lipinski definition) is 8. The van der Waals surface area contributed by atoms with Gasteiger partial charge in [-0.2, -0.15) is 0 Å². The molecular formula is C29H31FN6O3S2. The molecule has 1 fully saturated rings. The summed E-state index contributed by atoms with van der Waals surface area (Å²) >= 11 is 6.90. The van der Waals surface area contributed by atoms with Crippen LogP contribution >= 0.6 is 23.6 Å². The van der Waals surface area contributed by atoms with E-state index in [-0.39, 0.29) is 11.8 Å². The molecule has 1 aliphatic rings. The van der Waals surface area contributed by atoms with Gasteiger partial charge in [0.15, 0.2) is 16.7 Å². The standard InChI is InChI=1S/C29H31FN6O3S2/c1-3-11-35-12-13-36(29(35)40)28(37)34-20-5-7-24(21(30)15-20)39-25-8-9-32-23-16-26(41-27(23)25)22-6-4-19(18-33-22)17-31-10-14-38-2/h4-9,15-16,18,31H,3,10-14,17H2,1-2H3,(H,34,37). The summed E-state index contributed by atoms with van der Waals surface area (Å²) in [6.45, 7) is 6.19. The molecule has 214 valence electrons. The van der Waals surface area contributed by atoms with Crippen LogP contribution in [0.4, 0.5) is 14.9 Å². The Morgan fingerprint density at radius 2 is 2.02 bits per heavy atom. The molecule has 3 aromatic heterocycles. The topological polar surface area (TPSA) is 91.9 Å². The Morgan fingerprint density at radius 3 is 2.78 bits per heavy atom. The fraction of sp³-hybridized carbons (Fsp3) is 0.310. The number of benzene rings is 1. The van der Waals surface area contributed by atoms with Crippen LogP contribution in [-0.4, -0.2) is 70.8 Å². The number of pyridine rings is 2. The molecule has 1 aromatic carbocycles. The van der Waals surface area contributed by atoms with E-state index in [0.29, 0.717) is 42.8 Å². The fourth-order valence-corrected chi connectivity index (χ4v) is 5.82. The predicted octanol–water partition coefficient (Wildman–Crippen LogP) is 5.87. The number of fused-ring (bicyclic) bond motifs is 1. The molecule has 1 saturated heterocycles. The van der Waals surface area contributed by atoms with E-state index in [0.717, 1.165) is 45.9 Å². The molecule has 9 nitrogen and oxygen atoms in total. The maximum absolute atomic E-state index is 15.1. The number of methoxy groups -OCH3 is 1.